The van der Waals surface area contributed by atoms with Gasteiger partial charge in [0.1, 0.15) is 0 Å². The normalized spacial score (nSPS) is 11.4. The molecule has 242 valence electrons. The van der Waals surface area contributed by atoms with Gasteiger partial charge in [-0.05, 0) is 48.5 Å². The number of fused-ring (bicyclic) bond motifs is 6. The summed E-state index contributed by atoms with van der Waals surface area (Å²) < 4.78 is 4.56. The zero-order chi connectivity index (χ0) is 34.6. The highest BCUT2D eigenvalue weighted by Crippen LogP contribution is 2.41. The van der Waals surface area contributed by atoms with E-state index in [9.17, 15) is 0 Å². The van der Waals surface area contributed by atoms with Crippen LogP contribution in [0.4, 0.5) is 5.69 Å². The van der Waals surface area contributed by atoms with E-state index in [0.29, 0.717) is 23.2 Å². The molecule has 7 aromatic carbocycles. The first kappa shape index (κ1) is 29.5. The summed E-state index contributed by atoms with van der Waals surface area (Å²) in [4.78, 5) is 18.8. The van der Waals surface area contributed by atoms with Crippen molar-refractivity contribution >= 4 is 49.3 Å². The summed E-state index contributed by atoms with van der Waals surface area (Å²) in [6.45, 7) is 8.42. The number of hydrogen-bond acceptors (Lipinski definition) is 3. The van der Waals surface area contributed by atoms with Crippen LogP contribution in [0.25, 0.3) is 94.0 Å². The van der Waals surface area contributed by atoms with Crippen LogP contribution < -0.4 is 0 Å². The summed E-state index contributed by atoms with van der Waals surface area (Å²) in [6.07, 6.45) is 0. The van der Waals surface area contributed by atoms with E-state index in [1.165, 1.54) is 10.8 Å². The summed E-state index contributed by atoms with van der Waals surface area (Å²) >= 11 is 0. The van der Waals surface area contributed by atoms with E-state index in [4.69, 9.17) is 21.5 Å². The van der Waals surface area contributed by atoms with Crippen LogP contribution >= 0.6 is 0 Å². The molecule has 6 nitrogen and oxygen atoms in total. The molecule has 0 radical (unpaired) electrons. The van der Waals surface area contributed by atoms with E-state index in [1.807, 2.05) is 84.9 Å². The number of para-hydroxylation sites is 3. The van der Waals surface area contributed by atoms with E-state index in [2.05, 4.69) is 98.9 Å². The third-order valence-corrected chi connectivity index (χ3v) is 9.77. The maximum absolute atomic E-state index is 8.42. The van der Waals surface area contributed by atoms with Gasteiger partial charge in [-0.25, -0.2) is 19.8 Å². The fraction of sp³-hybridized carbons (Fsp3) is 0. The van der Waals surface area contributed by atoms with Crippen molar-refractivity contribution in [2.45, 2.75) is 0 Å². The Morgan fingerprint density at radius 3 is 1.44 bits per heavy atom. The molecule has 0 saturated heterocycles. The molecule has 0 aliphatic rings. The first-order valence-corrected chi connectivity index (χ1v) is 17.2. The minimum Gasteiger partial charge on any atom is -0.319 e. The van der Waals surface area contributed by atoms with E-state index in [0.717, 1.165) is 60.9 Å². The molecule has 6 heteroatoms. The Balaban J connectivity index is 1.21. The van der Waals surface area contributed by atoms with Gasteiger partial charge < -0.3 is 9.13 Å². The molecule has 0 aliphatic carbocycles. The molecule has 52 heavy (non-hydrogen) atoms. The van der Waals surface area contributed by atoms with Gasteiger partial charge in [0.05, 0.1) is 34.3 Å². The first-order valence-electron chi connectivity index (χ1n) is 17.2. The Kier molecular flexibility index (Phi) is 6.76. The molecule has 0 bridgehead atoms. The lowest BCUT2D eigenvalue weighted by Crippen LogP contribution is -2.01. The zero-order valence-corrected chi connectivity index (χ0v) is 27.8. The van der Waals surface area contributed by atoms with Gasteiger partial charge in [-0.1, -0.05) is 121 Å². The third kappa shape index (κ3) is 4.68. The van der Waals surface area contributed by atoms with Crippen LogP contribution in [0.15, 0.2) is 170 Å². The highest BCUT2D eigenvalue weighted by Gasteiger charge is 2.20. The van der Waals surface area contributed by atoms with Crippen molar-refractivity contribution in [1.82, 2.24) is 24.1 Å². The van der Waals surface area contributed by atoms with Gasteiger partial charge in [0.2, 0.25) is 5.69 Å². The van der Waals surface area contributed by atoms with Crippen LogP contribution in [0.2, 0.25) is 0 Å². The van der Waals surface area contributed by atoms with E-state index in [-0.39, 0.29) is 0 Å². The summed E-state index contributed by atoms with van der Waals surface area (Å²) in [5.74, 6) is 1.68. The fourth-order valence-electron chi connectivity index (χ4n) is 7.42. The van der Waals surface area contributed by atoms with Crippen LogP contribution in [0, 0.1) is 6.57 Å². The van der Waals surface area contributed by atoms with Gasteiger partial charge in [-0.3, -0.25) is 0 Å². The van der Waals surface area contributed by atoms with Crippen molar-refractivity contribution in [3.63, 3.8) is 0 Å². The molecule has 0 N–H and O–H groups in total. The summed E-state index contributed by atoms with van der Waals surface area (Å²) in [6, 6.07) is 57.9. The Labute approximate surface area is 299 Å². The van der Waals surface area contributed by atoms with Gasteiger partial charge in [0.15, 0.2) is 17.5 Å². The average molecular weight is 665 g/mol. The molecule has 0 unspecified atom stereocenters. The van der Waals surface area contributed by atoms with Crippen molar-refractivity contribution in [3.05, 3.63) is 181 Å². The molecular formula is C46H28N6. The third-order valence-electron chi connectivity index (χ3n) is 9.77. The van der Waals surface area contributed by atoms with Crippen LogP contribution in [0.3, 0.4) is 0 Å². The van der Waals surface area contributed by atoms with E-state index < -0.39 is 0 Å². The standard InChI is InChI=1S/C46H28N6/c1-47-38-27-32(46-49-44(30-15-5-2-6-16-30)48-45(50-46)31-17-7-3-8-18-31)25-26-41(38)52-40-24-14-12-22-35(40)37-28-36-34-21-11-13-23-39(34)51(42(36)29-43(37)52)33-19-9-4-10-20-33/h2-29H. The van der Waals surface area contributed by atoms with Gasteiger partial charge in [0, 0.05) is 43.9 Å². The number of benzene rings is 7. The molecule has 10 rings (SSSR count). The number of nitrogens with zero attached hydrogens (tertiary/aromatic N) is 6. The van der Waals surface area contributed by atoms with Gasteiger partial charge in [0.25, 0.3) is 0 Å². The zero-order valence-electron chi connectivity index (χ0n) is 27.8. The van der Waals surface area contributed by atoms with Crippen LogP contribution in [0.1, 0.15) is 0 Å². The van der Waals surface area contributed by atoms with Gasteiger partial charge >= 0.3 is 0 Å². The van der Waals surface area contributed by atoms with Crippen molar-refractivity contribution in [2.75, 3.05) is 0 Å². The quantitative estimate of drug-likeness (QED) is 0.172. The second-order valence-corrected chi connectivity index (χ2v) is 12.8. The lowest BCUT2D eigenvalue weighted by molar-refractivity contribution is 1.07. The molecule has 0 fully saturated rings. The lowest BCUT2D eigenvalue weighted by Gasteiger charge is -2.13. The SMILES string of the molecule is [C-]#[N+]c1cc(-c2nc(-c3ccccc3)nc(-c3ccccc3)n2)ccc1-n1c2ccccc2c2cc3c4ccccc4n(-c4ccccc4)c3cc21. The summed E-state index contributed by atoms with van der Waals surface area (Å²) in [7, 11) is 0. The molecule has 3 heterocycles. The van der Waals surface area contributed by atoms with E-state index in [1.54, 1.807) is 0 Å². The van der Waals surface area contributed by atoms with Crippen LogP contribution in [0.5, 0.6) is 0 Å². The predicted molar refractivity (Wildman–Crippen MR) is 211 cm³/mol. The highest BCUT2D eigenvalue weighted by atomic mass is 15.0. The maximum Gasteiger partial charge on any atom is 0.211 e. The highest BCUT2D eigenvalue weighted by molar-refractivity contribution is 6.19. The Morgan fingerprint density at radius 1 is 0.385 bits per heavy atom. The molecule has 0 atom stereocenters. The van der Waals surface area contributed by atoms with E-state index >= 15 is 0 Å². The van der Waals surface area contributed by atoms with Crippen molar-refractivity contribution in [3.8, 4) is 45.5 Å². The van der Waals surface area contributed by atoms with Crippen LogP contribution in [-0.4, -0.2) is 24.1 Å². The Hall–Kier alpha value is -7.36. The lowest BCUT2D eigenvalue weighted by atomic mass is 10.1. The minimum absolute atomic E-state index is 0.506. The molecule has 0 spiro atoms. The summed E-state index contributed by atoms with van der Waals surface area (Å²) in [5.41, 5.74) is 9.28. The summed E-state index contributed by atoms with van der Waals surface area (Å²) in [5, 5.41) is 4.66. The monoisotopic (exact) mass is 664 g/mol. The molecule has 0 saturated carbocycles. The second kappa shape index (κ2) is 11.9. The second-order valence-electron chi connectivity index (χ2n) is 12.8. The number of hydrogen-bond donors (Lipinski definition) is 0. The van der Waals surface area contributed by atoms with Gasteiger partial charge in [-0.15, -0.1) is 0 Å². The topological polar surface area (TPSA) is 52.9 Å². The fourth-order valence-corrected chi connectivity index (χ4v) is 7.42. The number of rotatable bonds is 5. The smallest absolute Gasteiger partial charge is 0.211 e. The molecule has 0 aliphatic heterocycles. The maximum atomic E-state index is 8.42. The van der Waals surface area contributed by atoms with Crippen molar-refractivity contribution < 1.29 is 0 Å². The van der Waals surface area contributed by atoms with Crippen LogP contribution in [-0.2, 0) is 0 Å². The largest absolute Gasteiger partial charge is 0.319 e. The predicted octanol–water partition coefficient (Wildman–Crippen LogP) is 11.6. The molecular weight excluding hydrogens is 637 g/mol. The van der Waals surface area contributed by atoms with Crippen molar-refractivity contribution in [2.24, 2.45) is 0 Å². The molecule has 10 aromatic rings. The minimum atomic E-state index is 0.506. The van der Waals surface area contributed by atoms with Crippen molar-refractivity contribution in [1.29, 1.82) is 0 Å². The number of aromatic nitrogens is 5. The molecule has 0 amide bonds. The Bertz CT molecular complexity index is 2950. The first-order chi connectivity index (χ1) is 25.7. The Morgan fingerprint density at radius 2 is 0.865 bits per heavy atom. The average Bonchev–Trinajstić information content (AvgIpc) is 3.72. The molecule has 3 aromatic heterocycles. The van der Waals surface area contributed by atoms with Gasteiger partial charge in [-0.2, -0.15) is 0 Å².